The summed E-state index contributed by atoms with van der Waals surface area (Å²) < 4.78 is 5.19. The van der Waals surface area contributed by atoms with E-state index >= 15 is 0 Å². The van der Waals surface area contributed by atoms with Crippen LogP contribution in [0.5, 0.6) is 5.75 Å². The Hall–Kier alpha value is -1.52. The second-order valence-electron chi connectivity index (χ2n) is 5.99. The van der Waals surface area contributed by atoms with Gasteiger partial charge in [-0.25, -0.2) is 0 Å². The van der Waals surface area contributed by atoms with Gasteiger partial charge in [0.2, 0.25) is 0 Å². The van der Waals surface area contributed by atoms with Gasteiger partial charge in [-0.05, 0) is 57.1 Å². The Morgan fingerprint density at radius 1 is 1.29 bits per heavy atom. The molecule has 1 aliphatic rings. The van der Waals surface area contributed by atoms with Crippen LogP contribution < -0.4 is 4.74 Å². The lowest BCUT2D eigenvalue weighted by molar-refractivity contribution is -0.0118. The van der Waals surface area contributed by atoms with Crippen molar-refractivity contribution in [3.63, 3.8) is 0 Å². The topological polar surface area (TPSA) is 52.9 Å². The molecular weight excluding hydrogens is 266 g/mol. The van der Waals surface area contributed by atoms with Gasteiger partial charge in [-0.2, -0.15) is 0 Å². The minimum atomic E-state index is -1.18. The quantitative estimate of drug-likeness (QED) is 0.876. The molecule has 116 valence electrons. The molecular formula is C17H25NO3. The van der Waals surface area contributed by atoms with Crippen LogP contribution in [0.2, 0.25) is 0 Å². The molecule has 0 amide bonds. The molecule has 0 fully saturated rings. The van der Waals surface area contributed by atoms with E-state index < -0.39 is 5.60 Å². The van der Waals surface area contributed by atoms with Crippen LogP contribution >= 0.6 is 0 Å². The molecule has 0 saturated heterocycles. The van der Waals surface area contributed by atoms with Crippen LogP contribution in [0.3, 0.4) is 0 Å². The van der Waals surface area contributed by atoms with Crippen molar-refractivity contribution in [3.8, 4) is 5.75 Å². The van der Waals surface area contributed by atoms with Crippen molar-refractivity contribution >= 4 is 0 Å². The standard InChI is InChI=1S/C17H25NO3/c1-18(2)12-15(13-7-9-14(21-3)10-8-13)17(20)11-5-4-6-16(17)19/h6-10,15,19-20H,4-5,11-12H2,1-3H3. The van der Waals surface area contributed by atoms with E-state index in [4.69, 9.17) is 4.74 Å². The Bertz CT molecular complexity index is 495. The van der Waals surface area contributed by atoms with Crippen molar-refractivity contribution in [2.24, 2.45) is 0 Å². The number of ether oxygens (including phenoxy) is 1. The first kappa shape index (κ1) is 15.9. The number of allylic oxidation sites excluding steroid dienone is 1. The Balaban J connectivity index is 2.37. The van der Waals surface area contributed by atoms with Crippen LogP contribution in [0.4, 0.5) is 0 Å². The molecule has 0 saturated carbocycles. The van der Waals surface area contributed by atoms with Gasteiger partial charge in [-0.15, -0.1) is 0 Å². The van der Waals surface area contributed by atoms with Gasteiger partial charge >= 0.3 is 0 Å². The number of hydrogen-bond acceptors (Lipinski definition) is 4. The van der Waals surface area contributed by atoms with E-state index in [-0.39, 0.29) is 11.7 Å². The predicted molar refractivity (Wildman–Crippen MR) is 83.8 cm³/mol. The molecule has 2 unspecified atom stereocenters. The second-order valence-corrected chi connectivity index (χ2v) is 5.99. The SMILES string of the molecule is COc1ccc(C(CN(C)C)C2(O)CCCC=C2O)cc1. The van der Waals surface area contributed by atoms with Crippen LogP contribution in [-0.4, -0.2) is 48.5 Å². The Morgan fingerprint density at radius 3 is 2.48 bits per heavy atom. The molecule has 0 aromatic heterocycles. The lowest BCUT2D eigenvalue weighted by Crippen LogP contribution is -2.44. The number of hydrogen-bond donors (Lipinski definition) is 2. The summed E-state index contributed by atoms with van der Waals surface area (Å²) in [6.07, 6.45) is 4.04. The lowest BCUT2D eigenvalue weighted by Gasteiger charge is -2.39. The molecule has 0 radical (unpaired) electrons. The van der Waals surface area contributed by atoms with Crippen LogP contribution in [0.25, 0.3) is 0 Å². The van der Waals surface area contributed by atoms with E-state index in [1.165, 1.54) is 0 Å². The molecule has 2 rings (SSSR count). The highest BCUT2D eigenvalue weighted by Gasteiger charge is 2.42. The summed E-state index contributed by atoms with van der Waals surface area (Å²) in [5, 5.41) is 21.3. The molecule has 21 heavy (non-hydrogen) atoms. The molecule has 1 aromatic carbocycles. The minimum absolute atomic E-state index is 0.108. The zero-order valence-corrected chi connectivity index (χ0v) is 13.0. The fraction of sp³-hybridized carbons (Fsp3) is 0.529. The number of aliphatic hydroxyl groups excluding tert-OH is 1. The third-order valence-electron chi connectivity index (χ3n) is 4.19. The zero-order chi connectivity index (χ0) is 15.5. The van der Waals surface area contributed by atoms with Crippen LogP contribution in [0.1, 0.15) is 30.7 Å². The predicted octanol–water partition coefficient (Wildman–Crippen LogP) is 2.70. The first-order valence-electron chi connectivity index (χ1n) is 7.38. The summed E-state index contributed by atoms with van der Waals surface area (Å²) in [6.45, 7) is 0.667. The highest BCUT2D eigenvalue weighted by molar-refractivity contribution is 5.34. The largest absolute Gasteiger partial charge is 0.510 e. The van der Waals surface area contributed by atoms with E-state index in [0.29, 0.717) is 13.0 Å². The smallest absolute Gasteiger partial charge is 0.129 e. The molecule has 0 spiro atoms. The maximum absolute atomic E-state index is 11.1. The molecule has 1 aliphatic carbocycles. The lowest BCUT2D eigenvalue weighted by atomic mass is 9.74. The molecule has 4 heteroatoms. The third kappa shape index (κ3) is 3.39. The van der Waals surface area contributed by atoms with E-state index in [9.17, 15) is 10.2 Å². The number of nitrogens with zero attached hydrogens (tertiary/aromatic N) is 1. The number of rotatable bonds is 5. The highest BCUT2D eigenvalue weighted by Crippen LogP contribution is 2.40. The van der Waals surface area contributed by atoms with Gasteiger partial charge in [0.1, 0.15) is 17.1 Å². The van der Waals surface area contributed by atoms with E-state index in [0.717, 1.165) is 24.2 Å². The van der Waals surface area contributed by atoms with Crippen molar-refractivity contribution in [3.05, 3.63) is 41.7 Å². The van der Waals surface area contributed by atoms with E-state index in [1.807, 2.05) is 43.3 Å². The van der Waals surface area contributed by atoms with Gasteiger partial charge in [0.15, 0.2) is 0 Å². The van der Waals surface area contributed by atoms with Gasteiger partial charge in [0.25, 0.3) is 0 Å². The number of benzene rings is 1. The van der Waals surface area contributed by atoms with Crippen molar-refractivity contribution in [2.45, 2.75) is 30.8 Å². The van der Waals surface area contributed by atoms with Crippen molar-refractivity contribution in [2.75, 3.05) is 27.7 Å². The molecule has 0 heterocycles. The van der Waals surface area contributed by atoms with E-state index in [2.05, 4.69) is 0 Å². The van der Waals surface area contributed by atoms with Crippen molar-refractivity contribution in [1.29, 1.82) is 0 Å². The fourth-order valence-corrected chi connectivity index (χ4v) is 3.00. The van der Waals surface area contributed by atoms with Crippen LogP contribution in [0, 0.1) is 0 Å². The normalized spacial score (nSPS) is 23.8. The summed E-state index contributed by atoms with van der Waals surface area (Å²) in [5.41, 5.74) is -0.175. The summed E-state index contributed by atoms with van der Waals surface area (Å²) in [6, 6.07) is 7.72. The first-order chi connectivity index (χ1) is 9.97. The molecule has 0 bridgehead atoms. The number of aliphatic hydroxyl groups is 2. The summed E-state index contributed by atoms with van der Waals surface area (Å²) >= 11 is 0. The average Bonchev–Trinajstić information content (AvgIpc) is 2.48. The maximum Gasteiger partial charge on any atom is 0.129 e. The van der Waals surface area contributed by atoms with Crippen molar-refractivity contribution in [1.82, 2.24) is 4.90 Å². The minimum Gasteiger partial charge on any atom is -0.510 e. The maximum atomic E-state index is 11.1. The summed E-state index contributed by atoms with van der Waals surface area (Å²) in [7, 11) is 5.59. The average molecular weight is 291 g/mol. The first-order valence-corrected chi connectivity index (χ1v) is 7.38. The van der Waals surface area contributed by atoms with Crippen molar-refractivity contribution < 1.29 is 14.9 Å². The van der Waals surface area contributed by atoms with Crippen LogP contribution in [-0.2, 0) is 0 Å². The second kappa shape index (κ2) is 6.50. The summed E-state index contributed by atoms with van der Waals surface area (Å²) in [4.78, 5) is 2.04. The fourth-order valence-electron chi connectivity index (χ4n) is 3.00. The van der Waals surface area contributed by atoms with Gasteiger partial charge in [0.05, 0.1) is 7.11 Å². The van der Waals surface area contributed by atoms with Gasteiger partial charge in [-0.1, -0.05) is 12.1 Å². The van der Waals surface area contributed by atoms with Gasteiger partial charge in [-0.3, -0.25) is 0 Å². The summed E-state index contributed by atoms with van der Waals surface area (Å²) in [5.74, 6) is 0.726. The number of likely N-dealkylation sites (N-methyl/N-ethyl adjacent to an activating group) is 1. The van der Waals surface area contributed by atoms with Gasteiger partial charge < -0.3 is 19.8 Å². The molecule has 0 aliphatic heterocycles. The monoisotopic (exact) mass is 291 g/mol. The molecule has 2 N–H and O–H groups in total. The zero-order valence-electron chi connectivity index (χ0n) is 13.0. The highest BCUT2D eigenvalue weighted by atomic mass is 16.5. The Morgan fingerprint density at radius 2 is 1.95 bits per heavy atom. The number of methoxy groups -OCH3 is 1. The van der Waals surface area contributed by atoms with E-state index in [1.54, 1.807) is 13.2 Å². The molecule has 1 aromatic rings. The molecule has 4 nitrogen and oxygen atoms in total. The Labute approximate surface area is 126 Å². The Kier molecular flexibility index (Phi) is 4.91. The third-order valence-corrected chi connectivity index (χ3v) is 4.19. The van der Waals surface area contributed by atoms with Crippen LogP contribution in [0.15, 0.2) is 36.1 Å². The van der Waals surface area contributed by atoms with Gasteiger partial charge in [0, 0.05) is 12.5 Å². The molecule has 2 atom stereocenters.